The second-order valence-electron chi connectivity index (χ2n) is 16.4. The van der Waals surface area contributed by atoms with Crippen LogP contribution in [0.25, 0.3) is 0 Å². The molecule has 3 aliphatic rings. The van der Waals surface area contributed by atoms with Crippen molar-refractivity contribution in [1.29, 1.82) is 0 Å². The molecule has 0 radical (unpaired) electrons. The number of alkyl halides is 2. The lowest BCUT2D eigenvalue weighted by Crippen LogP contribution is -2.46. The Morgan fingerprint density at radius 2 is 1.29 bits per heavy atom. The van der Waals surface area contributed by atoms with E-state index in [0.717, 1.165) is 48.6 Å². The largest absolute Gasteiger partial charge is 0.493 e. The van der Waals surface area contributed by atoms with E-state index in [1.165, 1.54) is 11.1 Å². The monoisotopic (exact) mass is 850 g/mol. The molecule has 3 aliphatic heterocycles. The summed E-state index contributed by atoms with van der Waals surface area (Å²) in [6.07, 6.45) is 3.65. The van der Waals surface area contributed by atoms with Crippen LogP contribution in [0.3, 0.4) is 0 Å². The predicted molar refractivity (Wildman–Crippen MR) is 237 cm³/mol. The van der Waals surface area contributed by atoms with Gasteiger partial charge in [0, 0.05) is 44.4 Å². The first kappa shape index (κ1) is 52.5. The topological polar surface area (TPSA) is 104 Å². The third kappa shape index (κ3) is 14.1. The summed E-state index contributed by atoms with van der Waals surface area (Å²) < 4.78 is 27.4. The molecule has 0 saturated carbocycles. The van der Waals surface area contributed by atoms with Crippen LogP contribution in [0.5, 0.6) is 23.0 Å². The van der Waals surface area contributed by atoms with Gasteiger partial charge in [0.25, 0.3) is 0 Å². The molecule has 2 aromatic rings. The van der Waals surface area contributed by atoms with E-state index in [1.807, 2.05) is 32.9 Å². The van der Waals surface area contributed by atoms with Gasteiger partial charge in [-0.15, -0.1) is 23.2 Å². The van der Waals surface area contributed by atoms with Crippen LogP contribution in [0.2, 0.25) is 0 Å². The van der Waals surface area contributed by atoms with Crippen molar-refractivity contribution in [3.63, 3.8) is 0 Å². The molecule has 0 aromatic heterocycles. The summed E-state index contributed by atoms with van der Waals surface area (Å²) in [6, 6.07) is 7.71. The third-order valence-corrected chi connectivity index (χ3v) is 10.2. The number of amides is 1. The number of benzene rings is 2. The smallest absolute Gasteiger partial charge is 0.410 e. The Balaban J connectivity index is 0.000000539. The summed E-state index contributed by atoms with van der Waals surface area (Å²) in [7, 11) is 6.50. The van der Waals surface area contributed by atoms with Crippen LogP contribution in [0.15, 0.2) is 36.4 Å². The molecule has 5 rings (SSSR count). The molecule has 2 aromatic carbocycles. The normalized spacial score (nSPS) is 18.3. The van der Waals surface area contributed by atoms with E-state index in [0.29, 0.717) is 60.5 Å². The number of hydrogen-bond donors (Lipinski definition) is 0. The van der Waals surface area contributed by atoms with Gasteiger partial charge in [-0.3, -0.25) is 14.5 Å². The molecule has 1 fully saturated rings. The van der Waals surface area contributed by atoms with Crippen LogP contribution < -0.4 is 18.9 Å². The molecule has 0 bridgehead atoms. The molecule has 10 nitrogen and oxygen atoms in total. The average molecular weight is 852 g/mol. The van der Waals surface area contributed by atoms with E-state index >= 15 is 0 Å². The average Bonchev–Trinajstić information content (AvgIpc) is 3.13. The molecular weight excluding hydrogens is 779 g/mol. The Kier molecular flexibility index (Phi) is 21.7. The Morgan fingerprint density at radius 3 is 1.78 bits per heavy atom. The number of Topliss-reactive ketones (excluding diaryl/α,β-unsaturated/α-hetero) is 2. The summed E-state index contributed by atoms with van der Waals surface area (Å²) in [6.45, 7) is 20.4. The van der Waals surface area contributed by atoms with Gasteiger partial charge in [0.05, 0.1) is 39.8 Å². The second-order valence-corrected chi connectivity index (χ2v) is 17.2. The lowest BCUT2D eigenvalue weighted by atomic mass is 9.80. The number of fused-ring (bicyclic) bond motifs is 4. The van der Waals surface area contributed by atoms with Crippen LogP contribution in [0, 0.1) is 17.8 Å². The first-order chi connectivity index (χ1) is 26.4. The van der Waals surface area contributed by atoms with Crippen LogP contribution >= 0.6 is 23.2 Å². The number of nitrogens with zero attached hydrogens (tertiary/aromatic N) is 2. The number of hydrogen-bond acceptors (Lipinski definition) is 9. The lowest BCUT2D eigenvalue weighted by Gasteiger charge is -2.43. The molecule has 1 saturated heterocycles. The molecule has 0 N–H and O–H groups in total. The van der Waals surface area contributed by atoms with E-state index in [9.17, 15) is 14.4 Å². The van der Waals surface area contributed by atoms with Crippen molar-refractivity contribution >= 4 is 40.9 Å². The number of methoxy groups -OCH3 is 4. The Bertz CT molecular complexity index is 1670. The fourth-order valence-electron chi connectivity index (χ4n) is 7.77. The standard InChI is InChI=1S/C24H35NO5.C19H27NO3.CH2Cl2.2CH4/c1-15(2)11-16(3)20(26)14-19-18-13-22(29-8)21(28-7)12-17(18)9-10-25(19)23(27)30-24(4,5)6;1-12(2)7-14-11-20-6-5-13-8-18(22-3)19(23-4)9-15(13)16(20)10-17(14)21;2-1-3;;/h12-13,15,19H,3,9-11,14H2,1-2,4-8H3;8-9,12,14,16H,5-7,10-11H2,1-4H3;1H2;2*1H4/t19-;14-,16-;;;/m11.../s1. The van der Waals surface area contributed by atoms with Gasteiger partial charge >= 0.3 is 6.09 Å². The van der Waals surface area contributed by atoms with Gasteiger partial charge in [-0.2, -0.15) is 0 Å². The zero-order valence-electron chi connectivity index (χ0n) is 35.4. The van der Waals surface area contributed by atoms with Crippen molar-refractivity contribution in [3.8, 4) is 23.0 Å². The molecule has 1 amide bonds. The fraction of sp³-hybridized carbons (Fsp3) is 0.630. The number of piperidine rings is 1. The van der Waals surface area contributed by atoms with Crippen LogP contribution in [-0.2, 0) is 27.2 Å². The van der Waals surface area contributed by atoms with Gasteiger partial charge in [0.1, 0.15) is 11.4 Å². The molecule has 3 heterocycles. The zero-order chi connectivity index (χ0) is 41.9. The molecule has 12 heteroatoms. The summed E-state index contributed by atoms with van der Waals surface area (Å²) in [5.41, 5.74) is 4.42. The summed E-state index contributed by atoms with van der Waals surface area (Å²) in [5.74, 6) is 4.23. The molecule has 328 valence electrons. The fourth-order valence-corrected chi connectivity index (χ4v) is 7.77. The number of ketones is 2. The summed E-state index contributed by atoms with van der Waals surface area (Å²) >= 11 is 9.53. The quantitative estimate of drug-likeness (QED) is 0.161. The molecule has 0 spiro atoms. The first-order valence-corrected chi connectivity index (χ1v) is 20.6. The third-order valence-electron chi connectivity index (χ3n) is 10.2. The van der Waals surface area contributed by atoms with Gasteiger partial charge < -0.3 is 28.6 Å². The van der Waals surface area contributed by atoms with Crippen LogP contribution in [0.1, 0.15) is 123 Å². The van der Waals surface area contributed by atoms with Crippen LogP contribution in [-0.4, -0.2) is 86.5 Å². The maximum atomic E-state index is 13.0. The minimum atomic E-state index is -0.620. The highest BCUT2D eigenvalue weighted by molar-refractivity contribution is 6.40. The summed E-state index contributed by atoms with van der Waals surface area (Å²) in [5, 5.41) is 0.194. The Labute approximate surface area is 359 Å². The Hall–Kier alpha value is -3.47. The van der Waals surface area contributed by atoms with Crippen molar-refractivity contribution in [2.24, 2.45) is 17.8 Å². The van der Waals surface area contributed by atoms with Crippen molar-refractivity contribution in [2.45, 2.75) is 120 Å². The minimum Gasteiger partial charge on any atom is -0.493 e. The molecule has 0 unspecified atom stereocenters. The maximum Gasteiger partial charge on any atom is 0.410 e. The highest BCUT2D eigenvalue weighted by Crippen LogP contribution is 2.43. The summed E-state index contributed by atoms with van der Waals surface area (Å²) in [4.78, 5) is 42.6. The molecule has 58 heavy (non-hydrogen) atoms. The van der Waals surface area contributed by atoms with Gasteiger partial charge in [-0.05, 0) is 110 Å². The van der Waals surface area contributed by atoms with Gasteiger partial charge in [0.15, 0.2) is 28.8 Å². The highest BCUT2D eigenvalue weighted by atomic mass is 35.5. The van der Waals surface area contributed by atoms with Crippen molar-refractivity contribution in [2.75, 3.05) is 53.4 Å². The van der Waals surface area contributed by atoms with Gasteiger partial charge in [-0.25, -0.2) is 4.79 Å². The first-order valence-electron chi connectivity index (χ1n) is 19.5. The van der Waals surface area contributed by atoms with E-state index in [2.05, 4.69) is 51.3 Å². The van der Waals surface area contributed by atoms with E-state index in [4.69, 9.17) is 46.9 Å². The number of rotatable bonds is 11. The molecule has 3 atom stereocenters. The predicted octanol–water partition coefficient (Wildman–Crippen LogP) is 11.0. The Morgan fingerprint density at radius 1 is 0.810 bits per heavy atom. The van der Waals surface area contributed by atoms with E-state index in [-0.39, 0.29) is 44.4 Å². The number of carbonyl (C=O) groups is 3. The highest BCUT2D eigenvalue weighted by Gasteiger charge is 2.39. The van der Waals surface area contributed by atoms with Crippen molar-refractivity contribution in [3.05, 3.63) is 58.7 Å². The SMILES string of the molecule is C.C.C=C(CC(C)C)C(=O)C[C@@H]1c2cc(OC)c(OC)cc2CCN1C(=O)OC(C)(C)C.COc1cc2c(cc1OC)[C@H]1CC(=O)[C@H](CC(C)C)CN1CC2.ClCCl. The lowest BCUT2D eigenvalue weighted by molar-refractivity contribution is -0.129. The van der Waals surface area contributed by atoms with Crippen LogP contribution in [0.4, 0.5) is 4.79 Å². The van der Waals surface area contributed by atoms with Crippen molar-refractivity contribution in [1.82, 2.24) is 9.80 Å². The van der Waals surface area contributed by atoms with E-state index < -0.39 is 17.7 Å². The van der Waals surface area contributed by atoms with Crippen molar-refractivity contribution < 1.29 is 38.1 Å². The maximum absolute atomic E-state index is 13.0. The number of allylic oxidation sites excluding steroid dienone is 1. The second kappa shape index (κ2) is 24.0. The number of carbonyl (C=O) groups excluding carboxylic acids is 3. The number of ether oxygens (including phenoxy) is 5. The molecular formula is C46H72Cl2N2O8. The number of halogens is 2. The zero-order valence-corrected chi connectivity index (χ0v) is 36.9. The van der Waals surface area contributed by atoms with Gasteiger partial charge in [0.2, 0.25) is 0 Å². The van der Waals surface area contributed by atoms with E-state index in [1.54, 1.807) is 33.3 Å². The van der Waals surface area contributed by atoms with Gasteiger partial charge in [-0.1, -0.05) is 49.1 Å². The minimum absolute atomic E-state index is 0. The molecule has 0 aliphatic carbocycles.